The first-order chi connectivity index (χ1) is 23.6. The van der Waals surface area contributed by atoms with Crippen LogP contribution in [0.5, 0.6) is 0 Å². The summed E-state index contributed by atoms with van der Waals surface area (Å²) >= 11 is 1.31. The van der Waals surface area contributed by atoms with E-state index < -0.39 is 90.4 Å². The average molecular weight is 726 g/mol. The monoisotopic (exact) mass is 725 g/mol. The summed E-state index contributed by atoms with van der Waals surface area (Å²) in [6, 6.07) is -5.69. The molecule has 0 saturated carbocycles. The Hall–Kier alpha value is -4.26. The minimum Gasteiger partial charge on any atom is -0.370 e. The highest BCUT2D eigenvalue weighted by Crippen LogP contribution is 2.21. The molecule has 0 aromatic carbocycles. The lowest BCUT2D eigenvalue weighted by Crippen LogP contribution is -2.60. The van der Waals surface area contributed by atoms with Crippen molar-refractivity contribution in [1.82, 2.24) is 31.5 Å². The van der Waals surface area contributed by atoms with Gasteiger partial charge in [0, 0.05) is 38.1 Å². The van der Waals surface area contributed by atoms with Gasteiger partial charge in [0.15, 0.2) is 0 Å². The van der Waals surface area contributed by atoms with Gasteiger partial charge in [-0.25, -0.2) is 0 Å². The predicted molar refractivity (Wildman–Crippen MR) is 182 cm³/mol. The van der Waals surface area contributed by atoms with E-state index in [9.17, 15) is 43.2 Å². The molecule has 2 aliphatic rings. The van der Waals surface area contributed by atoms with Crippen LogP contribution in [0.1, 0.15) is 71.6 Å². The topological polar surface area (TPSA) is 295 Å². The van der Waals surface area contributed by atoms with E-state index >= 15 is 0 Å². The Bertz CT molecular complexity index is 1280. The van der Waals surface area contributed by atoms with Gasteiger partial charge in [-0.3, -0.25) is 43.2 Å². The maximum absolute atomic E-state index is 14.0. The summed E-state index contributed by atoms with van der Waals surface area (Å²) in [5.41, 5.74) is 15.8. The Morgan fingerprint density at radius 2 is 1.62 bits per heavy atom. The molecule has 0 aromatic rings. The number of carbonyl (C=O) groups is 9. The summed E-state index contributed by atoms with van der Waals surface area (Å²) in [6.07, 6.45) is 1.03. The third kappa shape index (κ3) is 14.7. The highest BCUT2D eigenvalue weighted by atomic mass is 32.2. The van der Waals surface area contributed by atoms with E-state index in [1.807, 2.05) is 13.8 Å². The zero-order valence-corrected chi connectivity index (χ0v) is 29.4. The van der Waals surface area contributed by atoms with Crippen LogP contribution in [0.15, 0.2) is 0 Å². The van der Waals surface area contributed by atoms with Crippen LogP contribution in [0.4, 0.5) is 0 Å². The van der Waals surface area contributed by atoms with E-state index in [1.54, 1.807) is 0 Å². The van der Waals surface area contributed by atoms with Crippen molar-refractivity contribution >= 4 is 64.8 Å². The average Bonchev–Trinajstić information content (AvgIpc) is 3.52. The van der Waals surface area contributed by atoms with E-state index in [1.165, 1.54) is 16.7 Å². The van der Waals surface area contributed by atoms with Gasteiger partial charge in [0.25, 0.3) is 0 Å². The molecule has 0 bridgehead atoms. The molecular weight excluding hydrogens is 674 g/mol. The first-order valence-corrected chi connectivity index (χ1v) is 17.9. The van der Waals surface area contributed by atoms with Gasteiger partial charge >= 0.3 is 0 Å². The predicted octanol–water partition coefficient (Wildman–Crippen LogP) is -3.34. The van der Waals surface area contributed by atoms with E-state index in [0.717, 1.165) is 0 Å². The third-order valence-corrected chi connectivity index (χ3v) is 9.23. The summed E-state index contributed by atoms with van der Waals surface area (Å²) in [5, 5.41) is 13.1. The van der Waals surface area contributed by atoms with Crippen LogP contribution in [-0.2, 0) is 43.2 Å². The van der Waals surface area contributed by atoms with Crippen molar-refractivity contribution in [1.29, 1.82) is 0 Å². The second-order valence-electron chi connectivity index (χ2n) is 12.8. The first-order valence-electron chi connectivity index (χ1n) is 16.8. The SMILES string of the molecule is CC(C)C[C@H](NC(=O)[C@@H]1CCCN1C(=O)C1CSCCCC(=O)CCN[C@@H](CCC(N)=O)C(=O)N[C@@H](CC(N)=O)C(=O)N1)C(=O)NCC(N)=O. The van der Waals surface area contributed by atoms with Crippen molar-refractivity contribution in [2.45, 2.75) is 102 Å². The lowest BCUT2D eigenvalue weighted by molar-refractivity contribution is -0.142. The Kier molecular flexibility index (Phi) is 17.7. The number of primary amides is 3. The van der Waals surface area contributed by atoms with Gasteiger partial charge < -0.3 is 48.7 Å². The summed E-state index contributed by atoms with van der Waals surface area (Å²) in [5.74, 6) is -5.25. The van der Waals surface area contributed by atoms with Gasteiger partial charge in [-0.05, 0) is 43.8 Å². The van der Waals surface area contributed by atoms with Gasteiger partial charge in [-0.2, -0.15) is 11.8 Å². The minimum absolute atomic E-state index is 0.00934. The smallest absolute Gasteiger partial charge is 0.246 e. The van der Waals surface area contributed by atoms with Gasteiger partial charge in [-0.15, -0.1) is 0 Å². The fourth-order valence-electron chi connectivity index (χ4n) is 5.60. The summed E-state index contributed by atoms with van der Waals surface area (Å²) < 4.78 is 0. The van der Waals surface area contributed by atoms with Crippen molar-refractivity contribution in [3.05, 3.63) is 0 Å². The molecule has 2 rings (SSSR count). The van der Waals surface area contributed by atoms with Gasteiger partial charge in [0.1, 0.15) is 30.0 Å². The van der Waals surface area contributed by atoms with Gasteiger partial charge in [-0.1, -0.05) is 13.8 Å². The fourth-order valence-corrected chi connectivity index (χ4v) is 6.57. The minimum atomic E-state index is -1.49. The van der Waals surface area contributed by atoms with Crippen LogP contribution in [0.25, 0.3) is 0 Å². The second-order valence-corrected chi connectivity index (χ2v) is 14.0. The molecule has 50 heavy (non-hydrogen) atoms. The van der Waals surface area contributed by atoms with Crippen LogP contribution >= 0.6 is 11.8 Å². The molecule has 1 unspecified atom stereocenters. The first kappa shape index (κ1) is 41.9. The van der Waals surface area contributed by atoms with Crippen LogP contribution < -0.4 is 43.8 Å². The van der Waals surface area contributed by atoms with Crippen LogP contribution in [0, 0.1) is 5.92 Å². The number of thioether (sulfide) groups is 1. The lowest BCUT2D eigenvalue weighted by Gasteiger charge is -2.31. The standard InChI is InChI=1S/C31H51N9O9S/c1-17(2)13-20(27(45)36-15-26(34)44)38-30(48)23-6-3-11-40(23)31(49)22-16-50-12-4-5-18(41)9-10-35-19(7-8-24(32)42)28(46)37-21(14-25(33)43)29(47)39-22/h17,19-23,35H,3-16H2,1-2H3,(H2,32,42)(H2,33,43)(H2,34,44)(H,36,45)(H,37,46)(H,38,48)(H,39,47)/t19-,20-,21-,22?,23-/m0/s1. The zero-order valence-electron chi connectivity index (χ0n) is 28.6. The quantitative estimate of drug-likeness (QED) is 0.0929. The van der Waals surface area contributed by atoms with Crippen LogP contribution in [0.3, 0.4) is 0 Å². The van der Waals surface area contributed by atoms with Gasteiger partial charge in [0.05, 0.1) is 19.0 Å². The molecule has 8 amide bonds. The van der Waals surface area contributed by atoms with E-state index in [0.29, 0.717) is 18.6 Å². The molecular formula is C31H51N9O9S. The highest BCUT2D eigenvalue weighted by molar-refractivity contribution is 7.99. The molecule has 11 N–H and O–H groups in total. The Balaban J connectivity index is 2.32. The van der Waals surface area contributed by atoms with E-state index in [-0.39, 0.29) is 69.1 Å². The molecule has 18 nitrogen and oxygen atoms in total. The number of nitrogens with zero attached hydrogens (tertiary/aromatic N) is 1. The molecule has 5 atom stereocenters. The summed E-state index contributed by atoms with van der Waals surface area (Å²) in [4.78, 5) is 115. The van der Waals surface area contributed by atoms with Gasteiger partial charge in [0.2, 0.25) is 47.3 Å². The number of hydrogen-bond acceptors (Lipinski definition) is 11. The molecule has 2 heterocycles. The number of nitrogens with one attached hydrogen (secondary N) is 5. The number of rotatable bonds is 13. The number of ketones is 1. The Morgan fingerprint density at radius 3 is 2.26 bits per heavy atom. The maximum Gasteiger partial charge on any atom is 0.246 e. The molecule has 19 heteroatoms. The van der Waals surface area contributed by atoms with E-state index in [2.05, 4.69) is 26.6 Å². The molecule has 2 aliphatic heterocycles. The molecule has 2 saturated heterocycles. The Morgan fingerprint density at radius 1 is 0.920 bits per heavy atom. The number of amides is 8. The normalized spacial score (nSPS) is 23.3. The van der Waals surface area contributed by atoms with Crippen molar-refractivity contribution in [3.63, 3.8) is 0 Å². The molecule has 280 valence electrons. The summed E-state index contributed by atoms with van der Waals surface area (Å²) in [7, 11) is 0. The third-order valence-electron chi connectivity index (χ3n) is 8.09. The molecule has 0 spiro atoms. The fraction of sp³-hybridized carbons (Fsp3) is 0.710. The van der Waals surface area contributed by atoms with Crippen LogP contribution in [-0.4, -0.2) is 119 Å². The Labute approximate surface area is 295 Å². The van der Waals surface area contributed by atoms with E-state index in [4.69, 9.17) is 17.2 Å². The molecule has 0 aromatic heterocycles. The summed E-state index contributed by atoms with van der Waals surface area (Å²) in [6.45, 7) is 3.61. The van der Waals surface area contributed by atoms with Crippen molar-refractivity contribution in [2.24, 2.45) is 23.1 Å². The number of Topliss-reactive ketones (excluding diaryl/α,β-unsaturated/α-hetero) is 1. The number of hydrogen-bond donors (Lipinski definition) is 8. The zero-order chi connectivity index (χ0) is 37.4. The second kappa shape index (κ2) is 21.1. The highest BCUT2D eigenvalue weighted by Gasteiger charge is 2.40. The molecule has 0 radical (unpaired) electrons. The lowest BCUT2D eigenvalue weighted by atomic mass is 10.0. The number of nitrogens with two attached hydrogens (primary N) is 3. The largest absolute Gasteiger partial charge is 0.370 e. The number of carbonyl (C=O) groups excluding carboxylic acids is 9. The van der Waals surface area contributed by atoms with Crippen molar-refractivity contribution in [3.8, 4) is 0 Å². The number of likely N-dealkylation sites (tertiary alicyclic amines) is 1. The van der Waals surface area contributed by atoms with Crippen molar-refractivity contribution in [2.75, 3.05) is 31.1 Å². The molecule has 2 fully saturated rings. The maximum atomic E-state index is 14.0. The van der Waals surface area contributed by atoms with Crippen molar-refractivity contribution < 1.29 is 43.2 Å². The van der Waals surface area contributed by atoms with Crippen LogP contribution in [0.2, 0.25) is 0 Å². The molecule has 0 aliphatic carbocycles.